The molecule has 1 aliphatic heterocycles. The van der Waals surface area contributed by atoms with E-state index in [0.29, 0.717) is 42.1 Å². The quantitative estimate of drug-likeness (QED) is 0.422. The summed E-state index contributed by atoms with van der Waals surface area (Å²) in [4.78, 5) is 31.9. The molecule has 1 atom stereocenters. The number of carbonyl (C=O) groups excluding carboxylic acids is 1. The topological polar surface area (TPSA) is 109 Å². The van der Waals surface area contributed by atoms with Crippen LogP contribution in [0.1, 0.15) is 31.0 Å². The molecular weight excluding hydrogens is 564 g/mol. The van der Waals surface area contributed by atoms with E-state index in [1.54, 1.807) is 57.4 Å². The van der Waals surface area contributed by atoms with E-state index in [1.165, 1.54) is 30.1 Å². The first-order valence-corrected chi connectivity index (χ1v) is 12.8. The van der Waals surface area contributed by atoms with Crippen LogP contribution in [0.25, 0.3) is 6.08 Å². The zero-order chi connectivity index (χ0) is 26.9. The fourth-order valence-electron chi connectivity index (χ4n) is 4.11. The van der Waals surface area contributed by atoms with Gasteiger partial charge in [-0.2, -0.15) is 0 Å². The van der Waals surface area contributed by atoms with Crippen LogP contribution in [0.5, 0.6) is 23.0 Å². The molecule has 2 aromatic carbocycles. The second kappa shape index (κ2) is 10.8. The van der Waals surface area contributed by atoms with E-state index in [-0.39, 0.29) is 29.2 Å². The standard InChI is InChI=1S/C26H25BrN2O7S/c1-6-36-25(32)21-13(2)28-26-29(22(21)16-8-7-15(33-3)12-18(16)34-4)24(31)20(37-26)11-14-9-17(27)23(30)19(10-14)35-5/h7-12,22,30H,6H2,1-5H3. The molecule has 1 aromatic heterocycles. The lowest BCUT2D eigenvalue weighted by Crippen LogP contribution is -2.40. The number of hydrogen-bond acceptors (Lipinski definition) is 9. The van der Waals surface area contributed by atoms with Crippen LogP contribution in [-0.2, 0) is 9.53 Å². The number of nitrogens with zero attached hydrogens (tertiary/aromatic N) is 2. The van der Waals surface area contributed by atoms with E-state index >= 15 is 0 Å². The van der Waals surface area contributed by atoms with Crippen LogP contribution in [-0.4, -0.2) is 43.6 Å². The number of allylic oxidation sites excluding steroid dienone is 1. The number of halogens is 1. The number of benzene rings is 2. The second-order valence-corrected chi connectivity index (χ2v) is 9.83. The molecule has 0 radical (unpaired) electrons. The Morgan fingerprint density at radius 2 is 1.89 bits per heavy atom. The summed E-state index contributed by atoms with van der Waals surface area (Å²) < 4.78 is 23.8. The van der Waals surface area contributed by atoms with Gasteiger partial charge in [0.25, 0.3) is 5.56 Å². The molecule has 1 aliphatic rings. The summed E-state index contributed by atoms with van der Waals surface area (Å²) >= 11 is 4.50. The molecule has 0 saturated carbocycles. The first-order chi connectivity index (χ1) is 17.7. The summed E-state index contributed by atoms with van der Waals surface area (Å²) in [6.07, 6.45) is 1.68. The number of carbonyl (C=O) groups is 1. The largest absolute Gasteiger partial charge is 0.503 e. The summed E-state index contributed by atoms with van der Waals surface area (Å²) in [6, 6.07) is 7.67. The van der Waals surface area contributed by atoms with Gasteiger partial charge in [0, 0.05) is 11.6 Å². The average molecular weight is 589 g/mol. The molecule has 0 spiro atoms. The summed E-state index contributed by atoms with van der Waals surface area (Å²) in [6.45, 7) is 3.61. The number of thiazole rings is 1. The van der Waals surface area contributed by atoms with Crippen LogP contribution in [0, 0.1) is 0 Å². The van der Waals surface area contributed by atoms with Crippen LogP contribution in [0.4, 0.5) is 0 Å². The Kier molecular flexibility index (Phi) is 7.74. The van der Waals surface area contributed by atoms with Crippen molar-refractivity contribution in [1.29, 1.82) is 0 Å². The van der Waals surface area contributed by atoms with Crippen molar-refractivity contribution >= 4 is 39.3 Å². The van der Waals surface area contributed by atoms with Gasteiger partial charge in [-0.25, -0.2) is 9.79 Å². The first-order valence-electron chi connectivity index (χ1n) is 11.2. The molecule has 1 unspecified atom stereocenters. The molecule has 3 aromatic rings. The number of fused-ring (bicyclic) bond motifs is 1. The highest BCUT2D eigenvalue weighted by Crippen LogP contribution is 2.38. The van der Waals surface area contributed by atoms with Gasteiger partial charge in [0.15, 0.2) is 16.3 Å². The van der Waals surface area contributed by atoms with Gasteiger partial charge in [0.05, 0.1) is 48.2 Å². The molecular formula is C26H25BrN2O7S. The minimum absolute atomic E-state index is 0.0394. The number of rotatable bonds is 7. The van der Waals surface area contributed by atoms with Crippen LogP contribution in [0.3, 0.4) is 0 Å². The number of aromatic nitrogens is 1. The molecule has 194 valence electrons. The van der Waals surface area contributed by atoms with Gasteiger partial charge >= 0.3 is 5.97 Å². The fourth-order valence-corrected chi connectivity index (χ4v) is 5.62. The maximum atomic E-state index is 13.8. The third-order valence-corrected chi connectivity index (χ3v) is 7.41. The average Bonchev–Trinajstić information content (AvgIpc) is 3.18. The van der Waals surface area contributed by atoms with Gasteiger partial charge < -0.3 is 24.1 Å². The Bertz CT molecular complexity index is 1590. The SMILES string of the molecule is CCOC(=O)C1=C(C)N=c2sc(=Cc3cc(Br)c(O)c(OC)c3)c(=O)n2C1c1ccc(OC)cc1OC. The maximum absolute atomic E-state index is 13.8. The molecule has 0 aliphatic carbocycles. The number of phenolic OH excluding ortho intramolecular Hbond substituents is 1. The predicted octanol–water partition coefficient (Wildman–Crippen LogP) is 3.29. The zero-order valence-corrected chi connectivity index (χ0v) is 23.2. The number of ether oxygens (including phenoxy) is 4. The van der Waals surface area contributed by atoms with E-state index in [9.17, 15) is 14.7 Å². The van der Waals surface area contributed by atoms with Crippen molar-refractivity contribution in [2.75, 3.05) is 27.9 Å². The minimum Gasteiger partial charge on any atom is -0.503 e. The minimum atomic E-state index is -0.834. The third-order valence-electron chi connectivity index (χ3n) is 5.82. The van der Waals surface area contributed by atoms with Gasteiger partial charge in [0.2, 0.25) is 0 Å². The molecule has 0 bridgehead atoms. The molecule has 2 heterocycles. The molecule has 4 rings (SSSR count). The number of methoxy groups -OCH3 is 3. The first kappa shape index (κ1) is 26.5. The number of esters is 1. The van der Waals surface area contributed by atoms with Crippen LogP contribution < -0.4 is 29.1 Å². The Morgan fingerprint density at radius 1 is 1.16 bits per heavy atom. The summed E-state index contributed by atoms with van der Waals surface area (Å²) in [5, 5.41) is 10.1. The molecule has 9 nitrogen and oxygen atoms in total. The van der Waals surface area contributed by atoms with Crippen molar-refractivity contribution in [3.8, 4) is 23.0 Å². The normalized spacial score (nSPS) is 15.2. The van der Waals surface area contributed by atoms with Crippen LogP contribution in [0.2, 0.25) is 0 Å². The van der Waals surface area contributed by atoms with E-state index in [0.717, 1.165) is 0 Å². The second-order valence-electron chi connectivity index (χ2n) is 7.96. The monoisotopic (exact) mass is 588 g/mol. The van der Waals surface area contributed by atoms with Gasteiger partial charge in [-0.1, -0.05) is 11.3 Å². The van der Waals surface area contributed by atoms with E-state index in [2.05, 4.69) is 20.9 Å². The Labute approximate surface area is 225 Å². The molecule has 0 amide bonds. The lowest BCUT2D eigenvalue weighted by atomic mass is 9.95. The number of phenols is 1. The maximum Gasteiger partial charge on any atom is 0.338 e. The highest BCUT2D eigenvalue weighted by atomic mass is 79.9. The molecule has 0 saturated heterocycles. The van der Waals surface area contributed by atoms with Crippen molar-refractivity contribution in [2.45, 2.75) is 19.9 Å². The Balaban J connectivity index is 1.99. The van der Waals surface area contributed by atoms with Gasteiger partial charge in [-0.15, -0.1) is 0 Å². The smallest absolute Gasteiger partial charge is 0.338 e. The summed E-state index contributed by atoms with van der Waals surface area (Å²) in [5.74, 6) is 0.672. The highest BCUT2D eigenvalue weighted by molar-refractivity contribution is 9.10. The van der Waals surface area contributed by atoms with Gasteiger partial charge in [-0.05, 0) is 65.7 Å². The number of hydrogen-bond donors (Lipinski definition) is 1. The van der Waals surface area contributed by atoms with Crippen molar-refractivity contribution in [3.05, 3.63) is 76.9 Å². The third kappa shape index (κ3) is 4.88. The summed E-state index contributed by atoms with van der Waals surface area (Å²) in [5.41, 5.74) is 1.57. The van der Waals surface area contributed by atoms with Crippen LogP contribution >= 0.6 is 27.3 Å². The summed E-state index contributed by atoms with van der Waals surface area (Å²) in [7, 11) is 4.50. The van der Waals surface area contributed by atoms with Crippen LogP contribution in [0.15, 0.2) is 55.9 Å². The Hall–Kier alpha value is -3.57. The van der Waals surface area contributed by atoms with Crippen molar-refractivity contribution in [1.82, 2.24) is 4.57 Å². The predicted molar refractivity (Wildman–Crippen MR) is 142 cm³/mol. The fraction of sp³-hybridized carbons (Fsp3) is 0.269. The molecule has 37 heavy (non-hydrogen) atoms. The molecule has 11 heteroatoms. The van der Waals surface area contributed by atoms with E-state index in [1.807, 2.05) is 0 Å². The molecule has 1 N–H and O–H groups in total. The number of aromatic hydroxyl groups is 1. The van der Waals surface area contributed by atoms with Crippen molar-refractivity contribution in [2.24, 2.45) is 4.99 Å². The highest BCUT2D eigenvalue weighted by Gasteiger charge is 2.35. The zero-order valence-electron chi connectivity index (χ0n) is 20.8. The van der Waals surface area contributed by atoms with Gasteiger partial charge in [0.1, 0.15) is 17.5 Å². The van der Waals surface area contributed by atoms with E-state index < -0.39 is 12.0 Å². The van der Waals surface area contributed by atoms with E-state index in [4.69, 9.17) is 18.9 Å². The van der Waals surface area contributed by atoms with Gasteiger partial charge in [-0.3, -0.25) is 9.36 Å². The molecule has 0 fully saturated rings. The lowest BCUT2D eigenvalue weighted by molar-refractivity contribution is -0.139. The van der Waals surface area contributed by atoms with Crippen molar-refractivity contribution < 1.29 is 28.8 Å². The lowest BCUT2D eigenvalue weighted by Gasteiger charge is -2.26. The van der Waals surface area contributed by atoms with Crippen molar-refractivity contribution in [3.63, 3.8) is 0 Å². The Morgan fingerprint density at radius 3 is 2.54 bits per heavy atom.